The van der Waals surface area contributed by atoms with E-state index in [-0.39, 0.29) is 0 Å². The predicted octanol–water partition coefficient (Wildman–Crippen LogP) is -1.36. The second kappa shape index (κ2) is 7.64. The fourth-order valence-electron chi connectivity index (χ4n) is 0. The molecule has 0 saturated heterocycles. The minimum Gasteiger partial charge on any atom is -0.450 e. The van der Waals surface area contributed by atoms with E-state index >= 15 is 0 Å². The van der Waals surface area contributed by atoms with E-state index in [4.69, 9.17) is 51.8 Å². The van der Waals surface area contributed by atoms with Crippen LogP contribution in [0.1, 0.15) is 0 Å². The third kappa shape index (κ3) is 2100. The summed E-state index contributed by atoms with van der Waals surface area (Å²) in [4.78, 5) is 30.1. The molecule has 0 aliphatic rings. The SMILES string of the molecule is O=C(O)O.O=P(O)(O)O.O=S(=O)(O)O. The van der Waals surface area contributed by atoms with Gasteiger partial charge >= 0.3 is 24.4 Å². The first kappa shape index (κ1) is 18.9. The summed E-state index contributed by atoms with van der Waals surface area (Å²) in [6.07, 6.45) is -1.83. The maximum Gasteiger partial charge on any atom is 0.503 e. The van der Waals surface area contributed by atoms with Gasteiger partial charge in [0.05, 0.1) is 0 Å². The van der Waals surface area contributed by atoms with Gasteiger partial charge in [-0.1, -0.05) is 0 Å². The summed E-state index contributed by atoms with van der Waals surface area (Å²) >= 11 is 0. The average molecular weight is 258 g/mol. The number of carboxylic acid groups (broad SMARTS) is 2. The molecular weight excluding hydrogens is 251 g/mol. The van der Waals surface area contributed by atoms with E-state index in [1.54, 1.807) is 0 Å². The fraction of sp³-hybridized carbons (Fsp3) is 0. The lowest BCUT2D eigenvalue weighted by Crippen LogP contribution is -1.89. The molecule has 14 heavy (non-hydrogen) atoms. The molecule has 88 valence electrons. The standard InChI is InChI=1S/CH2O3.H3O4P.H2O4S/c2-1(3)4;2*1-5(2,3)4/h(H2,2,3,4);(H3,1,2,3,4);(H2,1,2,3,4). The van der Waals surface area contributed by atoms with Gasteiger partial charge in [-0.05, 0) is 0 Å². The van der Waals surface area contributed by atoms with E-state index in [0.717, 1.165) is 0 Å². The third-order valence-corrected chi connectivity index (χ3v) is 0. The Kier molecular flexibility index (Phi) is 10.3. The zero-order valence-electron chi connectivity index (χ0n) is 6.12. The first-order valence-electron chi connectivity index (χ1n) is 2.13. The summed E-state index contributed by atoms with van der Waals surface area (Å²) in [5, 5.41) is 13.9. The minimum absolute atomic E-state index is 1.83. The van der Waals surface area contributed by atoms with Crippen molar-refractivity contribution in [2.75, 3.05) is 0 Å². The van der Waals surface area contributed by atoms with Crippen molar-refractivity contribution in [3.8, 4) is 0 Å². The lowest BCUT2D eigenvalue weighted by molar-refractivity contribution is 0.137. The lowest BCUT2D eigenvalue weighted by atomic mass is 11.5. The van der Waals surface area contributed by atoms with E-state index < -0.39 is 24.4 Å². The maximum absolute atomic E-state index is 8.88. The van der Waals surface area contributed by atoms with Gasteiger partial charge in [0.15, 0.2) is 0 Å². The summed E-state index contributed by atoms with van der Waals surface area (Å²) < 4.78 is 40.5. The number of phosphoric acid groups is 1. The Hall–Kier alpha value is -0.750. The number of hydrogen-bond donors (Lipinski definition) is 7. The quantitative estimate of drug-likeness (QED) is 0.199. The molecule has 7 N–H and O–H groups in total. The van der Waals surface area contributed by atoms with E-state index in [1.165, 1.54) is 0 Å². The average Bonchev–Trinajstić information content (AvgIpc) is 1.45. The van der Waals surface area contributed by atoms with Crippen LogP contribution in [0.15, 0.2) is 0 Å². The largest absolute Gasteiger partial charge is 0.503 e. The zero-order chi connectivity index (χ0) is 12.6. The summed E-state index contributed by atoms with van der Waals surface area (Å²) in [6, 6.07) is 0. The van der Waals surface area contributed by atoms with Gasteiger partial charge in [-0.2, -0.15) is 8.42 Å². The van der Waals surface area contributed by atoms with Gasteiger partial charge < -0.3 is 24.9 Å². The van der Waals surface area contributed by atoms with Crippen LogP contribution in [0.4, 0.5) is 4.79 Å². The van der Waals surface area contributed by atoms with Gasteiger partial charge in [-0.25, -0.2) is 9.36 Å². The van der Waals surface area contributed by atoms with Crippen molar-refractivity contribution in [3.05, 3.63) is 0 Å². The molecule has 0 aliphatic heterocycles. The molecule has 0 atom stereocenters. The molecule has 0 rings (SSSR count). The van der Waals surface area contributed by atoms with E-state index in [1.807, 2.05) is 0 Å². The highest BCUT2D eigenvalue weighted by molar-refractivity contribution is 7.79. The summed E-state index contributed by atoms with van der Waals surface area (Å²) in [6.45, 7) is 0. The second-order valence-electron chi connectivity index (χ2n) is 1.24. The van der Waals surface area contributed by atoms with Gasteiger partial charge in [0.2, 0.25) is 0 Å². The van der Waals surface area contributed by atoms with E-state index in [9.17, 15) is 0 Å². The highest BCUT2D eigenvalue weighted by Crippen LogP contribution is 2.25. The molecule has 0 aromatic carbocycles. The van der Waals surface area contributed by atoms with Crippen LogP contribution >= 0.6 is 7.82 Å². The highest BCUT2D eigenvalue weighted by Gasteiger charge is 2.00. The van der Waals surface area contributed by atoms with Crippen LogP contribution in [-0.2, 0) is 15.0 Å². The Morgan fingerprint density at radius 1 is 1.00 bits per heavy atom. The van der Waals surface area contributed by atoms with Crippen LogP contribution in [0.5, 0.6) is 0 Å². The van der Waals surface area contributed by atoms with Crippen LogP contribution < -0.4 is 0 Å². The molecule has 0 radical (unpaired) electrons. The van der Waals surface area contributed by atoms with E-state index in [0.29, 0.717) is 0 Å². The van der Waals surface area contributed by atoms with Crippen LogP contribution in [-0.4, -0.2) is 48.6 Å². The fourth-order valence-corrected chi connectivity index (χ4v) is 0. The first-order chi connectivity index (χ1) is 5.73. The van der Waals surface area contributed by atoms with Gasteiger partial charge in [-0.15, -0.1) is 0 Å². The Bertz CT molecular complexity index is 260. The third-order valence-electron chi connectivity index (χ3n) is 0. The normalized spacial score (nSPS) is 10.1. The molecule has 0 spiro atoms. The monoisotopic (exact) mass is 258 g/mol. The topological polar surface area (TPSA) is 210 Å². The van der Waals surface area contributed by atoms with Gasteiger partial charge in [0.1, 0.15) is 0 Å². The Balaban J connectivity index is -0.000000131. The smallest absolute Gasteiger partial charge is 0.450 e. The molecule has 0 aromatic rings. The van der Waals surface area contributed by atoms with Crippen molar-refractivity contribution in [1.29, 1.82) is 0 Å². The van der Waals surface area contributed by atoms with E-state index in [2.05, 4.69) is 0 Å². The highest BCUT2D eigenvalue weighted by atomic mass is 32.3. The molecule has 0 fully saturated rings. The molecule has 11 nitrogen and oxygen atoms in total. The van der Waals surface area contributed by atoms with Crippen LogP contribution in [0.3, 0.4) is 0 Å². The van der Waals surface area contributed by atoms with Gasteiger partial charge in [0, 0.05) is 0 Å². The van der Waals surface area contributed by atoms with Crippen molar-refractivity contribution < 1.29 is 51.8 Å². The molecule has 0 saturated carbocycles. The van der Waals surface area contributed by atoms with Crippen molar-refractivity contribution >= 4 is 24.4 Å². The molecule has 0 aromatic heterocycles. The number of carbonyl (C=O) groups is 1. The molecule has 0 bridgehead atoms. The molecular formula is CH7O11PS. The van der Waals surface area contributed by atoms with Crippen molar-refractivity contribution in [1.82, 2.24) is 0 Å². The van der Waals surface area contributed by atoms with Crippen LogP contribution in [0.25, 0.3) is 0 Å². The molecule has 0 heterocycles. The molecule has 0 amide bonds. The Labute approximate surface area is 77.1 Å². The summed E-state index contributed by atoms with van der Waals surface area (Å²) in [5.41, 5.74) is 0. The molecule has 0 unspecified atom stereocenters. The predicted molar refractivity (Wildman–Crippen MR) is 39.1 cm³/mol. The summed E-state index contributed by atoms with van der Waals surface area (Å²) in [5.74, 6) is 0. The Morgan fingerprint density at radius 3 is 1.00 bits per heavy atom. The maximum atomic E-state index is 8.88. The van der Waals surface area contributed by atoms with Gasteiger partial charge in [0.25, 0.3) is 0 Å². The summed E-state index contributed by atoms with van der Waals surface area (Å²) in [7, 11) is -9.31. The Morgan fingerprint density at radius 2 is 1.00 bits per heavy atom. The van der Waals surface area contributed by atoms with Gasteiger partial charge in [-0.3, -0.25) is 9.11 Å². The lowest BCUT2D eigenvalue weighted by Gasteiger charge is -1.82. The van der Waals surface area contributed by atoms with Crippen LogP contribution in [0, 0.1) is 0 Å². The van der Waals surface area contributed by atoms with Crippen molar-refractivity contribution in [3.63, 3.8) is 0 Å². The second-order valence-corrected chi connectivity index (χ2v) is 3.17. The minimum atomic E-state index is -4.67. The molecule has 0 aliphatic carbocycles. The first-order valence-corrected chi connectivity index (χ1v) is 5.09. The van der Waals surface area contributed by atoms with Crippen molar-refractivity contribution in [2.45, 2.75) is 0 Å². The molecule has 13 heteroatoms. The number of rotatable bonds is 0. The number of hydrogen-bond acceptors (Lipinski definition) is 4. The van der Waals surface area contributed by atoms with Crippen LogP contribution in [0.2, 0.25) is 0 Å². The zero-order valence-corrected chi connectivity index (χ0v) is 7.83. The van der Waals surface area contributed by atoms with Crippen molar-refractivity contribution in [2.24, 2.45) is 0 Å².